The Morgan fingerprint density at radius 3 is 2.50 bits per heavy atom. The molecule has 3 aromatic carbocycles. The highest BCUT2D eigenvalue weighted by Gasteiger charge is 2.11. The molecule has 0 N–H and O–H groups in total. The van der Waals surface area contributed by atoms with Crippen molar-refractivity contribution in [1.82, 2.24) is 0 Å². The number of benzene rings is 3. The smallest absolute Gasteiger partial charge is 0.336 e. The Labute approximate surface area is 166 Å². The van der Waals surface area contributed by atoms with Gasteiger partial charge in [0, 0.05) is 23.1 Å². The van der Waals surface area contributed by atoms with Gasteiger partial charge in [-0.1, -0.05) is 48.0 Å². The summed E-state index contributed by atoms with van der Waals surface area (Å²) in [6, 6.07) is 22.0. The van der Waals surface area contributed by atoms with Gasteiger partial charge in [-0.2, -0.15) is 0 Å². The van der Waals surface area contributed by atoms with Gasteiger partial charge >= 0.3 is 5.63 Å². The van der Waals surface area contributed by atoms with Crippen molar-refractivity contribution < 1.29 is 13.9 Å². The molecule has 0 saturated heterocycles. The van der Waals surface area contributed by atoms with Gasteiger partial charge in [0.15, 0.2) is 0 Å². The number of ether oxygens (including phenoxy) is 2. The summed E-state index contributed by atoms with van der Waals surface area (Å²) in [5.74, 6) is 1.89. The topological polar surface area (TPSA) is 48.7 Å². The third-order valence-corrected chi connectivity index (χ3v) is 4.63. The maximum Gasteiger partial charge on any atom is 0.336 e. The van der Waals surface area contributed by atoms with Gasteiger partial charge in [-0.3, -0.25) is 0 Å². The van der Waals surface area contributed by atoms with E-state index in [-0.39, 0.29) is 6.61 Å². The second-order valence-electron chi connectivity index (χ2n) is 6.34. The van der Waals surface area contributed by atoms with Crippen molar-refractivity contribution in [3.63, 3.8) is 0 Å². The molecule has 0 bridgehead atoms. The van der Waals surface area contributed by atoms with Crippen molar-refractivity contribution in [2.75, 3.05) is 0 Å². The summed E-state index contributed by atoms with van der Waals surface area (Å²) >= 11 is 6.37. The van der Waals surface area contributed by atoms with Crippen LogP contribution < -0.4 is 15.1 Å². The van der Waals surface area contributed by atoms with Gasteiger partial charge in [0.1, 0.15) is 29.4 Å². The Morgan fingerprint density at radius 2 is 1.68 bits per heavy atom. The molecular formula is C23H17ClO4. The molecule has 140 valence electrons. The lowest BCUT2D eigenvalue weighted by atomic mass is 10.1. The maximum absolute atomic E-state index is 11.6. The first-order valence-corrected chi connectivity index (χ1v) is 9.15. The minimum Gasteiger partial charge on any atom is -0.487 e. The van der Waals surface area contributed by atoms with Crippen molar-refractivity contribution >= 4 is 22.6 Å². The number of rotatable bonds is 5. The number of hydrogen-bond donors (Lipinski definition) is 0. The fraction of sp³-hybridized carbons (Fsp3) is 0.0870. The predicted molar refractivity (Wildman–Crippen MR) is 110 cm³/mol. The van der Waals surface area contributed by atoms with E-state index in [1.807, 2.05) is 61.5 Å². The highest BCUT2D eigenvalue weighted by atomic mass is 35.5. The zero-order valence-corrected chi connectivity index (χ0v) is 15.9. The fourth-order valence-corrected chi connectivity index (χ4v) is 3.14. The molecule has 0 amide bonds. The number of para-hydroxylation sites is 2. The van der Waals surface area contributed by atoms with Crippen LogP contribution in [0.1, 0.15) is 11.1 Å². The summed E-state index contributed by atoms with van der Waals surface area (Å²) in [4.78, 5) is 11.6. The van der Waals surface area contributed by atoms with Gasteiger partial charge in [0.05, 0.1) is 5.02 Å². The minimum atomic E-state index is -0.403. The Kier molecular flexibility index (Phi) is 5.04. The Morgan fingerprint density at radius 1 is 0.929 bits per heavy atom. The van der Waals surface area contributed by atoms with Crippen LogP contribution in [0.15, 0.2) is 82.0 Å². The molecule has 0 spiro atoms. The summed E-state index contributed by atoms with van der Waals surface area (Å²) in [6.07, 6.45) is 0. The number of aryl methyl sites for hydroxylation is 1. The lowest BCUT2D eigenvalue weighted by molar-refractivity contribution is 0.300. The van der Waals surface area contributed by atoms with Gasteiger partial charge in [0.2, 0.25) is 0 Å². The summed E-state index contributed by atoms with van der Waals surface area (Å²) in [5.41, 5.74) is 1.72. The first-order chi connectivity index (χ1) is 13.6. The number of fused-ring (bicyclic) bond motifs is 1. The quantitative estimate of drug-likeness (QED) is 0.383. The van der Waals surface area contributed by atoms with Gasteiger partial charge in [0.25, 0.3) is 0 Å². The molecule has 1 aromatic heterocycles. The molecular weight excluding hydrogens is 376 g/mol. The third-order valence-electron chi connectivity index (χ3n) is 4.33. The molecule has 4 nitrogen and oxygen atoms in total. The Hall–Kier alpha value is -3.24. The van der Waals surface area contributed by atoms with Crippen LogP contribution in [0.5, 0.6) is 17.2 Å². The van der Waals surface area contributed by atoms with E-state index in [0.717, 1.165) is 22.3 Å². The first-order valence-electron chi connectivity index (χ1n) is 8.78. The lowest BCUT2D eigenvalue weighted by Gasteiger charge is -2.13. The molecule has 4 rings (SSSR count). The van der Waals surface area contributed by atoms with E-state index in [1.165, 1.54) is 6.07 Å². The van der Waals surface area contributed by atoms with E-state index in [9.17, 15) is 4.79 Å². The van der Waals surface area contributed by atoms with Crippen molar-refractivity contribution in [3.05, 3.63) is 99.4 Å². The average molecular weight is 393 g/mol. The van der Waals surface area contributed by atoms with E-state index >= 15 is 0 Å². The molecule has 0 aliphatic rings. The van der Waals surface area contributed by atoms with Crippen LogP contribution in [0.4, 0.5) is 0 Å². The van der Waals surface area contributed by atoms with Gasteiger partial charge in [-0.15, -0.1) is 0 Å². The SMILES string of the molecule is Cc1cc(=O)oc2cc(OCc3ccccc3Oc3ccccc3)c(Cl)cc12. The van der Waals surface area contributed by atoms with E-state index < -0.39 is 5.63 Å². The van der Waals surface area contributed by atoms with Crippen LogP contribution in [0.2, 0.25) is 5.02 Å². The zero-order chi connectivity index (χ0) is 19.5. The molecule has 0 aliphatic carbocycles. The van der Waals surface area contributed by atoms with Crippen molar-refractivity contribution in [1.29, 1.82) is 0 Å². The van der Waals surface area contributed by atoms with Gasteiger partial charge in [-0.05, 0) is 36.8 Å². The number of halogens is 1. The summed E-state index contributed by atoms with van der Waals surface area (Å²) in [5, 5.41) is 1.23. The van der Waals surface area contributed by atoms with Crippen molar-refractivity contribution in [2.24, 2.45) is 0 Å². The molecule has 5 heteroatoms. The van der Waals surface area contributed by atoms with Crippen LogP contribution in [0, 0.1) is 6.92 Å². The predicted octanol–water partition coefficient (Wildman–Crippen LogP) is 6.13. The molecule has 0 aliphatic heterocycles. The standard InChI is InChI=1S/C23H17ClO4/c1-15-11-23(25)28-21-13-22(19(24)12-18(15)21)26-14-16-7-5-6-10-20(16)27-17-8-3-2-4-9-17/h2-13H,14H2,1H3. The lowest BCUT2D eigenvalue weighted by Crippen LogP contribution is -2.01. The fourth-order valence-electron chi connectivity index (χ4n) is 2.92. The highest BCUT2D eigenvalue weighted by Crippen LogP contribution is 2.33. The monoisotopic (exact) mass is 392 g/mol. The molecule has 0 saturated carbocycles. The van der Waals surface area contributed by atoms with Crippen LogP contribution in [-0.2, 0) is 6.61 Å². The van der Waals surface area contributed by atoms with Crippen LogP contribution in [0.25, 0.3) is 11.0 Å². The third kappa shape index (κ3) is 3.87. The maximum atomic E-state index is 11.6. The van der Waals surface area contributed by atoms with E-state index in [2.05, 4.69) is 0 Å². The van der Waals surface area contributed by atoms with Gasteiger partial charge in [-0.25, -0.2) is 4.79 Å². The normalized spacial score (nSPS) is 10.8. The summed E-state index contributed by atoms with van der Waals surface area (Å²) in [7, 11) is 0. The molecule has 4 aromatic rings. The second-order valence-corrected chi connectivity index (χ2v) is 6.75. The second kappa shape index (κ2) is 7.79. The van der Waals surface area contributed by atoms with Crippen LogP contribution in [0.3, 0.4) is 0 Å². The molecule has 0 radical (unpaired) electrons. The average Bonchev–Trinajstić information content (AvgIpc) is 2.69. The molecule has 0 unspecified atom stereocenters. The summed E-state index contributed by atoms with van der Waals surface area (Å²) < 4.78 is 17.1. The molecule has 0 atom stereocenters. The van der Waals surface area contributed by atoms with E-state index in [0.29, 0.717) is 22.1 Å². The van der Waals surface area contributed by atoms with Crippen molar-refractivity contribution in [3.8, 4) is 17.2 Å². The van der Waals surface area contributed by atoms with Crippen molar-refractivity contribution in [2.45, 2.75) is 13.5 Å². The molecule has 0 fully saturated rings. The van der Waals surface area contributed by atoms with Crippen LogP contribution in [-0.4, -0.2) is 0 Å². The number of hydrogen-bond acceptors (Lipinski definition) is 4. The van der Waals surface area contributed by atoms with E-state index in [4.69, 9.17) is 25.5 Å². The Bertz CT molecular complexity index is 1180. The summed E-state index contributed by atoms with van der Waals surface area (Å²) in [6.45, 7) is 2.09. The zero-order valence-electron chi connectivity index (χ0n) is 15.1. The molecule has 1 heterocycles. The highest BCUT2D eigenvalue weighted by molar-refractivity contribution is 6.32. The minimum absolute atomic E-state index is 0.254. The van der Waals surface area contributed by atoms with Crippen LogP contribution >= 0.6 is 11.6 Å². The van der Waals surface area contributed by atoms with Gasteiger partial charge < -0.3 is 13.9 Å². The molecule has 28 heavy (non-hydrogen) atoms. The Balaban J connectivity index is 1.60. The van der Waals surface area contributed by atoms with E-state index in [1.54, 1.807) is 12.1 Å². The first kappa shape index (κ1) is 18.1. The largest absolute Gasteiger partial charge is 0.487 e.